The smallest absolute Gasteiger partial charge is 0.174 e. The first-order valence-electron chi connectivity index (χ1n) is 6.11. The second-order valence-electron chi connectivity index (χ2n) is 4.41. The summed E-state index contributed by atoms with van der Waals surface area (Å²) in [4.78, 5) is 1.58. The van der Waals surface area contributed by atoms with Gasteiger partial charge in [-0.3, -0.25) is 0 Å². The predicted octanol–water partition coefficient (Wildman–Crippen LogP) is 0.480. The molecule has 1 aliphatic rings. The molecule has 3 nitrogen and oxygen atoms in total. The van der Waals surface area contributed by atoms with E-state index >= 15 is 0 Å². The summed E-state index contributed by atoms with van der Waals surface area (Å²) in [7, 11) is 0. The van der Waals surface area contributed by atoms with Crippen LogP contribution in [0.4, 0.5) is 0 Å². The average Bonchev–Trinajstić information content (AvgIpc) is 2.27. The zero-order valence-corrected chi connectivity index (χ0v) is 10.8. The summed E-state index contributed by atoms with van der Waals surface area (Å²) >= 11 is 5.04. The van der Waals surface area contributed by atoms with Crippen molar-refractivity contribution in [2.24, 2.45) is 5.92 Å². The summed E-state index contributed by atoms with van der Waals surface area (Å²) in [5.74, 6) is 0.871. The fourth-order valence-corrected chi connectivity index (χ4v) is 2.18. The lowest BCUT2D eigenvalue weighted by molar-refractivity contribution is -0.909. The molecule has 1 aliphatic heterocycles. The number of unbranched alkanes of at least 4 members (excludes halogenated alkanes) is 1. The zero-order chi connectivity index (χ0) is 11.1. The van der Waals surface area contributed by atoms with Gasteiger partial charge in [0.2, 0.25) is 0 Å². The van der Waals surface area contributed by atoms with Gasteiger partial charge in [-0.15, -0.1) is 0 Å². The van der Waals surface area contributed by atoms with Gasteiger partial charge in [0.25, 0.3) is 0 Å². The van der Waals surface area contributed by atoms with Crippen LogP contribution in [0.1, 0.15) is 39.5 Å². The minimum absolute atomic E-state index is 0.806. The number of rotatable bonds is 6. The number of nitrogens with one attached hydrogen (secondary N) is 3. The molecule has 0 saturated carbocycles. The molecule has 15 heavy (non-hydrogen) atoms. The van der Waals surface area contributed by atoms with Crippen LogP contribution in [-0.4, -0.2) is 25.0 Å². The molecule has 0 bridgehead atoms. The lowest BCUT2D eigenvalue weighted by Gasteiger charge is -2.29. The van der Waals surface area contributed by atoms with Crippen molar-refractivity contribution in [1.82, 2.24) is 10.6 Å². The van der Waals surface area contributed by atoms with Crippen LogP contribution in [0.25, 0.3) is 0 Å². The fraction of sp³-hybridized carbons (Fsp3) is 0.909. The van der Waals surface area contributed by atoms with E-state index in [4.69, 9.17) is 12.2 Å². The number of thiocarbonyl (C=S) groups is 1. The van der Waals surface area contributed by atoms with Gasteiger partial charge in [-0.1, -0.05) is 26.7 Å². The van der Waals surface area contributed by atoms with Gasteiger partial charge < -0.3 is 15.5 Å². The third kappa shape index (κ3) is 4.80. The summed E-state index contributed by atoms with van der Waals surface area (Å²) in [6, 6.07) is 0. The third-order valence-corrected chi connectivity index (χ3v) is 3.41. The first-order valence-corrected chi connectivity index (χ1v) is 6.52. The topological polar surface area (TPSA) is 28.5 Å². The third-order valence-electron chi connectivity index (χ3n) is 3.12. The predicted molar refractivity (Wildman–Crippen MR) is 67.7 cm³/mol. The van der Waals surface area contributed by atoms with E-state index in [-0.39, 0.29) is 0 Å². The molecule has 1 atom stereocenters. The highest BCUT2D eigenvalue weighted by molar-refractivity contribution is 7.80. The van der Waals surface area contributed by atoms with E-state index in [1.807, 2.05) is 0 Å². The molecule has 1 fully saturated rings. The highest BCUT2D eigenvalue weighted by Crippen LogP contribution is 2.09. The van der Waals surface area contributed by atoms with Gasteiger partial charge in [-0.05, 0) is 25.1 Å². The Morgan fingerprint density at radius 2 is 2.00 bits per heavy atom. The largest absolute Gasteiger partial charge is 0.316 e. The summed E-state index contributed by atoms with van der Waals surface area (Å²) in [6.07, 6.45) is 5.35. The highest BCUT2D eigenvalue weighted by atomic mass is 32.1. The Morgan fingerprint density at radius 1 is 1.33 bits per heavy atom. The Kier molecular flexibility index (Phi) is 5.95. The van der Waals surface area contributed by atoms with Gasteiger partial charge in [0.15, 0.2) is 18.4 Å². The quantitative estimate of drug-likeness (QED) is 0.580. The zero-order valence-electron chi connectivity index (χ0n) is 9.94. The molecule has 3 N–H and O–H groups in total. The Bertz CT molecular complexity index is 186. The first kappa shape index (κ1) is 12.7. The summed E-state index contributed by atoms with van der Waals surface area (Å²) in [5, 5.41) is 7.21. The number of hydrogen-bond donors (Lipinski definition) is 3. The van der Waals surface area contributed by atoms with Crippen molar-refractivity contribution in [1.29, 1.82) is 0 Å². The van der Waals surface area contributed by atoms with E-state index in [9.17, 15) is 0 Å². The molecular weight excluding hydrogens is 206 g/mol. The van der Waals surface area contributed by atoms with Gasteiger partial charge in [-0.2, -0.15) is 0 Å². The fourth-order valence-electron chi connectivity index (χ4n) is 2.03. The normalized spacial score (nSPS) is 19.5. The van der Waals surface area contributed by atoms with Crippen LogP contribution in [0.2, 0.25) is 0 Å². The molecule has 0 amide bonds. The first-order chi connectivity index (χ1) is 7.26. The van der Waals surface area contributed by atoms with E-state index in [2.05, 4.69) is 24.5 Å². The second-order valence-corrected chi connectivity index (χ2v) is 4.82. The van der Waals surface area contributed by atoms with E-state index in [1.165, 1.54) is 32.2 Å². The molecule has 0 spiro atoms. The molecule has 0 unspecified atom stereocenters. The minimum Gasteiger partial charge on any atom is -0.316 e. The van der Waals surface area contributed by atoms with Gasteiger partial charge in [0.05, 0.1) is 6.54 Å². The molecule has 0 aliphatic carbocycles. The van der Waals surface area contributed by atoms with Gasteiger partial charge in [0.1, 0.15) is 0 Å². The maximum atomic E-state index is 5.04. The van der Waals surface area contributed by atoms with Crippen LogP contribution >= 0.6 is 12.2 Å². The number of hydrogen-bond acceptors (Lipinski definition) is 1. The van der Waals surface area contributed by atoms with Crippen LogP contribution < -0.4 is 15.5 Å². The Morgan fingerprint density at radius 3 is 2.53 bits per heavy atom. The van der Waals surface area contributed by atoms with Crippen molar-refractivity contribution >= 4 is 17.3 Å². The molecule has 1 saturated heterocycles. The Hall–Kier alpha value is -0.350. The molecule has 0 aromatic carbocycles. The van der Waals surface area contributed by atoms with Crippen molar-refractivity contribution in [2.75, 3.05) is 19.9 Å². The lowest BCUT2D eigenvalue weighted by atomic mass is 9.99. The van der Waals surface area contributed by atoms with Crippen molar-refractivity contribution < 1.29 is 4.90 Å². The number of quaternary nitrogens is 1. The van der Waals surface area contributed by atoms with Gasteiger partial charge in [0, 0.05) is 5.92 Å². The van der Waals surface area contributed by atoms with Crippen LogP contribution in [0.5, 0.6) is 0 Å². The van der Waals surface area contributed by atoms with Crippen molar-refractivity contribution in [3.8, 4) is 0 Å². The lowest BCUT2D eigenvalue weighted by Crippen LogP contribution is -3.17. The molecule has 0 radical (unpaired) electrons. The monoisotopic (exact) mass is 230 g/mol. The summed E-state index contributed by atoms with van der Waals surface area (Å²) in [6.45, 7) is 7.79. The van der Waals surface area contributed by atoms with E-state index in [0.717, 1.165) is 24.4 Å². The molecule has 0 aromatic rings. The second kappa shape index (κ2) is 7.01. The maximum absolute atomic E-state index is 5.04. The molecular formula is C11H24N3S+. The Labute approximate surface area is 98.6 Å². The SMILES string of the molecule is CCCC[C@H](CC)C[NH+]1CNC(=S)NC1. The standard InChI is InChI=1S/C11H23N3S/c1-3-5-6-10(4-2)7-14-8-12-11(15)13-9-14/h10H,3-9H2,1-2H3,(H2,12,13,15)/p+1/t10-/m0/s1. The van der Waals surface area contributed by atoms with Crippen LogP contribution in [0.15, 0.2) is 0 Å². The van der Waals surface area contributed by atoms with E-state index in [0.29, 0.717) is 0 Å². The minimum atomic E-state index is 0.806. The van der Waals surface area contributed by atoms with E-state index in [1.54, 1.807) is 4.90 Å². The molecule has 1 heterocycles. The molecule has 1 rings (SSSR count). The maximum Gasteiger partial charge on any atom is 0.174 e. The summed E-state index contributed by atoms with van der Waals surface area (Å²) in [5.41, 5.74) is 0. The van der Waals surface area contributed by atoms with Crippen molar-refractivity contribution in [3.05, 3.63) is 0 Å². The van der Waals surface area contributed by atoms with E-state index < -0.39 is 0 Å². The molecule has 88 valence electrons. The van der Waals surface area contributed by atoms with Crippen LogP contribution in [-0.2, 0) is 0 Å². The highest BCUT2D eigenvalue weighted by Gasteiger charge is 2.18. The average molecular weight is 230 g/mol. The van der Waals surface area contributed by atoms with Gasteiger partial charge in [-0.25, -0.2) is 0 Å². The molecule has 0 aromatic heterocycles. The van der Waals surface area contributed by atoms with Crippen molar-refractivity contribution in [3.63, 3.8) is 0 Å². The summed E-state index contributed by atoms with van der Waals surface area (Å²) < 4.78 is 0. The van der Waals surface area contributed by atoms with Crippen LogP contribution in [0.3, 0.4) is 0 Å². The Balaban J connectivity index is 2.22. The molecule has 4 heteroatoms. The van der Waals surface area contributed by atoms with Crippen LogP contribution in [0, 0.1) is 5.92 Å². The van der Waals surface area contributed by atoms with Gasteiger partial charge >= 0.3 is 0 Å². The van der Waals surface area contributed by atoms with Crippen molar-refractivity contribution in [2.45, 2.75) is 39.5 Å².